The molecule has 0 aromatic carbocycles. The highest BCUT2D eigenvalue weighted by Crippen LogP contribution is 2.10. The molecule has 0 amide bonds. The highest BCUT2D eigenvalue weighted by Gasteiger charge is 2.25. The van der Waals surface area contributed by atoms with Gasteiger partial charge in [0, 0.05) is 12.1 Å². The molecule has 1 rings (SSSR count). The molecular weight excluding hydrogens is 250 g/mol. The summed E-state index contributed by atoms with van der Waals surface area (Å²) in [5.41, 5.74) is 0. The first-order valence-corrected chi connectivity index (χ1v) is 6.89. The van der Waals surface area contributed by atoms with Crippen LogP contribution in [0.4, 0.5) is 0 Å². The topological polar surface area (TPSA) is 70.2 Å². The average Bonchev–Trinajstić information content (AvgIpc) is 2.06. The quantitative estimate of drug-likeness (QED) is 0.686. The Kier molecular flexibility index (Phi) is 6.81. The van der Waals surface area contributed by atoms with Gasteiger partial charge in [-0.1, -0.05) is 6.92 Å². The minimum atomic E-state index is -3.34. The third kappa shape index (κ3) is 5.45. The van der Waals surface area contributed by atoms with Gasteiger partial charge in [0.1, 0.15) is 0 Å². The van der Waals surface area contributed by atoms with E-state index in [0.717, 1.165) is 19.5 Å². The molecule has 1 saturated heterocycles. The summed E-state index contributed by atoms with van der Waals surface area (Å²) in [5.74, 6) is 0.336. The predicted octanol–water partition coefficient (Wildman–Crippen LogP) is 0.239. The SMILES string of the molecule is CC(C)NS(=O)(=O)NC1CCNCC1C.Cl. The number of nitrogens with one attached hydrogen (secondary N) is 3. The molecule has 0 aliphatic carbocycles. The van der Waals surface area contributed by atoms with E-state index in [1.807, 2.05) is 13.8 Å². The van der Waals surface area contributed by atoms with Crippen LogP contribution < -0.4 is 14.8 Å². The van der Waals surface area contributed by atoms with Gasteiger partial charge in [0.25, 0.3) is 10.2 Å². The highest BCUT2D eigenvalue weighted by molar-refractivity contribution is 7.87. The fourth-order valence-electron chi connectivity index (χ4n) is 1.73. The van der Waals surface area contributed by atoms with Crippen molar-refractivity contribution in [3.8, 4) is 0 Å². The second kappa shape index (κ2) is 6.76. The molecule has 1 heterocycles. The van der Waals surface area contributed by atoms with E-state index >= 15 is 0 Å². The van der Waals surface area contributed by atoms with Gasteiger partial charge in [-0.25, -0.2) is 0 Å². The zero-order valence-corrected chi connectivity index (χ0v) is 11.6. The Hall–Kier alpha value is 0.120. The number of hydrogen-bond acceptors (Lipinski definition) is 3. The third-order valence-corrected chi connectivity index (χ3v) is 3.88. The van der Waals surface area contributed by atoms with Crippen LogP contribution in [0.2, 0.25) is 0 Å². The van der Waals surface area contributed by atoms with Gasteiger partial charge in [0.15, 0.2) is 0 Å². The van der Waals surface area contributed by atoms with Gasteiger partial charge in [-0.05, 0) is 39.3 Å². The van der Waals surface area contributed by atoms with Gasteiger partial charge in [-0.15, -0.1) is 12.4 Å². The molecule has 1 fully saturated rings. The van der Waals surface area contributed by atoms with Gasteiger partial charge < -0.3 is 5.32 Å². The Balaban J connectivity index is 0.00000225. The Bertz CT molecular complexity index is 295. The van der Waals surface area contributed by atoms with E-state index in [2.05, 4.69) is 21.7 Å². The van der Waals surface area contributed by atoms with Crippen LogP contribution in [0.25, 0.3) is 0 Å². The molecule has 2 atom stereocenters. The number of rotatable bonds is 4. The zero-order chi connectivity index (χ0) is 11.5. The second-order valence-electron chi connectivity index (χ2n) is 4.47. The number of halogens is 1. The fraction of sp³-hybridized carbons (Fsp3) is 1.00. The molecular formula is C9H22ClN3O2S. The first kappa shape index (κ1) is 16.1. The molecule has 0 aromatic heterocycles. The summed E-state index contributed by atoms with van der Waals surface area (Å²) in [4.78, 5) is 0. The van der Waals surface area contributed by atoms with E-state index in [9.17, 15) is 8.42 Å². The van der Waals surface area contributed by atoms with Crippen LogP contribution in [-0.2, 0) is 10.2 Å². The van der Waals surface area contributed by atoms with E-state index in [4.69, 9.17) is 0 Å². The Morgan fingerprint density at radius 1 is 1.38 bits per heavy atom. The van der Waals surface area contributed by atoms with Crippen molar-refractivity contribution in [3.05, 3.63) is 0 Å². The standard InChI is InChI=1S/C9H21N3O2S.ClH/c1-7(2)11-15(13,14)12-9-4-5-10-6-8(9)3;/h7-12H,4-6H2,1-3H3;1H. The maximum atomic E-state index is 11.6. The predicted molar refractivity (Wildman–Crippen MR) is 68.0 cm³/mol. The molecule has 0 aromatic rings. The van der Waals surface area contributed by atoms with Crippen molar-refractivity contribution in [2.45, 2.75) is 39.3 Å². The Morgan fingerprint density at radius 3 is 2.50 bits per heavy atom. The molecule has 1 aliphatic heterocycles. The molecule has 0 bridgehead atoms. The van der Waals surface area contributed by atoms with E-state index in [1.54, 1.807) is 0 Å². The van der Waals surface area contributed by atoms with Crippen molar-refractivity contribution in [1.29, 1.82) is 0 Å². The lowest BCUT2D eigenvalue weighted by Gasteiger charge is -2.30. The minimum absolute atomic E-state index is 0. The molecule has 0 saturated carbocycles. The van der Waals surface area contributed by atoms with Crippen molar-refractivity contribution >= 4 is 22.6 Å². The molecule has 3 N–H and O–H groups in total. The van der Waals surface area contributed by atoms with E-state index in [1.165, 1.54) is 0 Å². The smallest absolute Gasteiger partial charge is 0.277 e. The molecule has 16 heavy (non-hydrogen) atoms. The van der Waals surface area contributed by atoms with Crippen molar-refractivity contribution in [2.24, 2.45) is 5.92 Å². The molecule has 2 unspecified atom stereocenters. The van der Waals surface area contributed by atoms with Crippen LogP contribution in [0.3, 0.4) is 0 Å². The van der Waals surface area contributed by atoms with Gasteiger partial charge in [-0.2, -0.15) is 17.9 Å². The summed E-state index contributed by atoms with van der Waals surface area (Å²) in [7, 11) is -3.34. The Labute approximate surface area is 104 Å². The third-order valence-electron chi connectivity index (χ3n) is 2.48. The summed E-state index contributed by atoms with van der Waals surface area (Å²) in [6.07, 6.45) is 0.847. The van der Waals surface area contributed by atoms with Crippen LogP contribution >= 0.6 is 12.4 Å². The lowest BCUT2D eigenvalue weighted by molar-refractivity contribution is 0.326. The number of hydrogen-bond donors (Lipinski definition) is 3. The maximum Gasteiger partial charge on any atom is 0.277 e. The van der Waals surface area contributed by atoms with Crippen molar-refractivity contribution in [1.82, 2.24) is 14.8 Å². The molecule has 5 nitrogen and oxygen atoms in total. The highest BCUT2D eigenvalue weighted by atomic mass is 35.5. The molecule has 7 heteroatoms. The van der Waals surface area contributed by atoms with Gasteiger partial charge >= 0.3 is 0 Å². The van der Waals surface area contributed by atoms with Crippen LogP contribution in [0, 0.1) is 5.92 Å². The van der Waals surface area contributed by atoms with Gasteiger partial charge in [0.2, 0.25) is 0 Å². The first-order valence-electron chi connectivity index (χ1n) is 5.41. The van der Waals surface area contributed by atoms with Crippen LogP contribution in [0.5, 0.6) is 0 Å². The molecule has 0 radical (unpaired) electrons. The normalized spacial score (nSPS) is 26.5. The summed E-state index contributed by atoms with van der Waals surface area (Å²) in [6.45, 7) is 7.42. The van der Waals surface area contributed by atoms with Crippen LogP contribution in [0.1, 0.15) is 27.2 Å². The first-order chi connectivity index (χ1) is 6.91. The lowest BCUT2D eigenvalue weighted by Crippen LogP contribution is -2.52. The van der Waals surface area contributed by atoms with Gasteiger partial charge in [-0.3, -0.25) is 0 Å². The van der Waals surface area contributed by atoms with Crippen molar-refractivity contribution < 1.29 is 8.42 Å². The van der Waals surface area contributed by atoms with Gasteiger partial charge in [0.05, 0.1) is 0 Å². The summed E-state index contributed by atoms with van der Waals surface area (Å²) >= 11 is 0. The van der Waals surface area contributed by atoms with Crippen molar-refractivity contribution in [3.63, 3.8) is 0 Å². The fourth-order valence-corrected chi connectivity index (χ4v) is 3.17. The molecule has 0 spiro atoms. The van der Waals surface area contributed by atoms with Crippen molar-refractivity contribution in [2.75, 3.05) is 13.1 Å². The molecule has 98 valence electrons. The van der Waals surface area contributed by atoms with E-state index in [-0.39, 0.29) is 24.5 Å². The monoisotopic (exact) mass is 271 g/mol. The summed E-state index contributed by atoms with van der Waals surface area (Å²) in [6, 6.07) is -0.0259. The van der Waals surface area contributed by atoms with E-state index < -0.39 is 10.2 Å². The number of piperidine rings is 1. The van der Waals surface area contributed by atoms with Crippen LogP contribution in [-0.4, -0.2) is 33.6 Å². The summed E-state index contributed by atoms with van der Waals surface area (Å²) < 4.78 is 28.4. The lowest BCUT2D eigenvalue weighted by atomic mass is 9.97. The largest absolute Gasteiger partial charge is 0.316 e. The average molecular weight is 272 g/mol. The zero-order valence-electron chi connectivity index (χ0n) is 9.99. The summed E-state index contributed by atoms with van der Waals surface area (Å²) in [5, 5.41) is 3.24. The Morgan fingerprint density at radius 2 is 2.00 bits per heavy atom. The molecule has 1 aliphatic rings. The second-order valence-corrected chi connectivity index (χ2v) is 5.95. The minimum Gasteiger partial charge on any atom is -0.316 e. The van der Waals surface area contributed by atoms with E-state index in [0.29, 0.717) is 5.92 Å². The maximum absolute atomic E-state index is 11.6. The van der Waals surface area contributed by atoms with Crippen LogP contribution in [0.15, 0.2) is 0 Å².